The fraction of sp³-hybridized carbons (Fsp3) is 0.167. The van der Waals surface area contributed by atoms with E-state index in [0.29, 0.717) is 10.7 Å². The van der Waals surface area contributed by atoms with Gasteiger partial charge in [0.05, 0.1) is 16.0 Å². The first-order valence-corrected chi connectivity index (χ1v) is 6.27. The summed E-state index contributed by atoms with van der Waals surface area (Å²) in [6, 6.07) is 4.67. The molecule has 19 heavy (non-hydrogen) atoms. The maximum absolute atomic E-state index is 12.6. The summed E-state index contributed by atoms with van der Waals surface area (Å²) in [7, 11) is 0. The number of aromatic nitrogens is 1. The lowest BCUT2D eigenvalue weighted by Gasteiger charge is -2.05. The molecule has 0 saturated carbocycles. The molecule has 0 amide bonds. The van der Waals surface area contributed by atoms with Crippen molar-refractivity contribution in [3.05, 3.63) is 35.1 Å². The van der Waals surface area contributed by atoms with Gasteiger partial charge in [0.25, 0.3) is 0 Å². The third kappa shape index (κ3) is 3.18. The van der Waals surface area contributed by atoms with E-state index < -0.39 is 12.1 Å². The van der Waals surface area contributed by atoms with Gasteiger partial charge in [-0.15, -0.1) is 0 Å². The van der Waals surface area contributed by atoms with Gasteiger partial charge in [0.2, 0.25) is 0 Å². The molecule has 0 atom stereocenters. The molecule has 2 rings (SSSR count). The smallest absolute Gasteiger partial charge is 0.384 e. The minimum Gasteiger partial charge on any atom is -0.384 e. The van der Waals surface area contributed by atoms with Crippen LogP contribution in [0.4, 0.5) is 13.2 Å². The molecular weight excluding hydrogens is 299 g/mol. The summed E-state index contributed by atoms with van der Waals surface area (Å²) in [5.74, 6) is 4.84. The molecule has 0 bridgehead atoms. The molecule has 2 aromatic heterocycles. The van der Waals surface area contributed by atoms with Crippen molar-refractivity contribution in [2.75, 3.05) is 6.61 Å². The summed E-state index contributed by atoms with van der Waals surface area (Å²) in [6.07, 6.45) is 1.42. The molecule has 2 heterocycles. The average Bonchev–Trinajstić information content (AvgIpc) is 2.65. The Morgan fingerprint density at radius 3 is 2.74 bits per heavy atom. The molecule has 0 aliphatic carbocycles. The Morgan fingerprint density at radius 1 is 1.37 bits per heavy atom. The minimum absolute atomic E-state index is 0.0176. The molecule has 2 nitrogen and oxygen atoms in total. The number of aliphatic hydroxyl groups excluding tert-OH is 1. The zero-order chi connectivity index (χ0) is 14.0. The summed E-state index contributed by atoms with van der Waals surface area (Å²) >= 11 is 5.68. The van der Waals surface area contributed by atoms with Crippen LogP contribution in [0.1, 0.15) is 5.56 Å². The lowest BCUT2D eigenvalue weighted by Crippen LogP contribution is -1.99. The van der Waals surface area contributed by atoms with Crippen LogP contribution in [0.25, 0.3) is 5.52 Å². The van der Waals surface area contributed by atoms with E-state index in [2.05, 4.69) is 11.8 Å². The molecule has 0 radical (unpaired) electrons. The number of hydrogen-bond acceptors (Lipinski definition) is 2. The van der Waals surface area contributed by atoms with Gasteiger partial charge in [-0.25, -0.2) is 0 Å². The molecule has 100 valence electrons. The van der Waals surface area contributed by atoms with Crippen molar-refractivity contribution in [1.82, 2.24) is 4.40 Å². The topological polar surface area (TPSA) is 24.6 Å². The van der Waals surface area contributed by atoms with E-state index in [4.69, 9.17) is 16.7 Å². The average molecular weight is 306 g/mol. The van der Waals surface area contributed by atoms with Crippen LogP contribution in [-0.2, 0) is 0 Å². The summed E-state index contributed by atoms with van der Waals surface area (Å²) in [4.78, 5) is -0.0176. The van der Waals surface area contributed by atoms with E-state index in [-0.39, 0.29) is 22.2 Å². The van der Waals surface area contributed by atoms with Gasteiger partial charge in [0.1, 0.15) is 11.8 Å². The van der Waals surface area contributed by atoms with Gasteiger partial charge in [-0.05, 0) is 23.9 Å². The standard InChI is InChI=1S/C12H7ClF3NOS/c13-10-5-1-4-9-11(19-12(14,15)16)8(3-2-6-18)7-17(9)10/h1,4-5,7,18H,6H2. The quantitative estimate of drug-likeness (QED) is 0.495. The molecule has 0 spiro atoms. The van der Waals surface area contributed by atoms with Crippen LogP contribution in [0.2, 0.25) is 5.15 Å². The van der Waals surface area contributed by atoms with Crippen LogP contribution in [0.15, 0.2) is 29.3 Å². The van der Waals surface area contributed by atoms with Crippen molar-refractivity contribution in [1.29, 1.82) is 0 Å². The minimum atomic E-state index is -4.42. The van der Waals surface area contributed by atoms with Crippen LogP contribution in [0.5, 0.6) is 0 Å². The maximum atomic E-state index is 12.6. The Labute approximate surface area is 116 Å². The largest absolute Gasteiger partial charge is 0.446 e. The first-order chi connectivity index (χ1) is 8.92. The molecule has 1 N–H and O–H groups in total. The molecule has 0 aromatic carbocycles. The Bertz CT molecular complexity index is 669. The van der Waals surface area contributed by atoms with Crippen LogP contribution in [0, 0.1) is 11.8 Å². The van der Waals surface area contributed by atoms with Gasteiger partial charge in [-0.1, -0.05) is 29.5 Å². The van der Waals surface area contributed by atoms with Gasteiger partial charge >= 0.3 is 5.51 Å². The van der Waals surface area contributed by atoms with Gasteiger partial charge in [0, 0.05) is 6.20 Å². The molecule has 7 heteroatoms. The number of aliphatic hydroxyl groups is 1. The summed E-state index contributed by atoms with van der Waals surface area (Å²) in [5.41, 5.74) is -3.90. The van der Waals surface area contributed by atoms with Crippen molar-refractivity contribution < 1.29 is 18.3 Å². The van der Waals surface area contributed by atoms with Crippen LogP contribution >= 0.6 is 23.4 Å². The lowest BCUT2D eigenvalue weighted by molar-refractivity contribution is -0.0327. The van der Waals surface area contributed by atoms with Crippen molar-refractivity contribution in [2.45, 2.75) is 10.4 Å². The Balaban J connectivity index is 2.65. The summed E-state index contributed by atoms with van der Waals surface area (Å²) in [5, 5.41) is 8.94. The SMILES string of the molecule is OCC#Cc1cn2c(Cl)cccc2c1SC(F)(F)F. The number of nitrogens with zero attached hydrogens (tertiary/aromatic N) is 1. The monoisotopic (exact) mass is 305 g/mol. The van der Waals surface area contributed by atoms with Gasteiger partial charge in [0.15, 0.2) is 0 Å². The van der Waals surface area contributed by atoms with E-state index in [9.17, 15) is 13.2 Å². The fourth-order valence-electron chi connectivity index (χ4n) is 1.58. The zero-order valence-corrected chi connectivity index (χ0v) is 10.9. The molecule has 0 saturated heterocycles. The lowest BCUT2D eigenvalue weighted by atomic mass is 10.3. The maximum Gasteiger partial charge on any atom is 0.446 e. The normalized spacial score (nSPS) is 11.4. The number of halogens is 4. The van der Waals surface area contributed by atoms with Crippen LogP contribution < -0.4 is 0 Å². The molecular formula is C12H7ClF3NOS. The predicted octanol–water partition coefficient (Wildman–Crippen LogP) is 3.55. The highest BCUT2D eigenvalue weighted by atomic mass is 35.5. The molecule has 0 aliphatic heterocycles. The van der Waals surface area contributed by atoms with E-state index in [0.717, 1.165) is 0 Å². The third-order valence-electron chi connectivity index (χ3n) is 2.23. The number of alkyl halides is 3. The number of pyridine rings is 1. The van der Waals surface area contributed by atoms with E-state index in [1.807, 2.05) is 0 Å². The Hall–Kier alpha value is -1.29. The van der Waals surface area contributed by atoms with Gasteiger partial charge in [-0.3, -0.25) is 0 Å². The number of hydrogen-bond donors (Lipinski definition) is 1. The van der Waals surface area contributed by atoms with Crippen LogP contribution in [0.3, 0.4) is 0 Å². The molecule has 0 aliphatic rings. The number of rotatable bonds is 1. The molecule has 0 fully saturated rings. The van der Waals surface area contributed by atoms with Crippen molar-refractivity contribution in [3.8, 4) is 11.8 Å². The summed E-state index contributed by atoms with van der Waals surface area (Å²) < 4.78 is 39.1. The zero-order valence-electron chi connectivity index (χ0n) is 9.33. The fourth-order valence-corrected chi connectivity index (χ4v) is 2.51. The highest BCUT2D eigenvalue weighted by molar-refractivity contribution is 8.00. The first kappa shape index (κ1) is 14.1. The van der Waals surface area contributed by atoms with Crippen LogP contribution in [-0.4, -0.2) is 21.6 Å². The second-order valence-corrected chi connectivity index (χ2v) is 4.95. The second kappa shape index (κ2) is 5.37. The van der Waals surface area contributed by atoms with Crippen molar-refractivity contribution in [2.24, 2.45) is 0 Å². The number of thioether (sulfide) groups is 1. The van der Waals surface area contributed by atoms with Crippen molar-refractivity contribution >= 4 is 28.9 Å². The number of fused-ring (bicyclic) bond motifs is 1. The van der Waals surface area contributed by atoms with Gasteiger partial charge < -0.3 is 9.51 Å². The van der Waals surface area contributed by atoms with E-state index in [1.54, 1.807) is 12.1 Å². The van der Waals surface area contributed by atoms with Crippen molar-refractivity contribution in [3.63, 3.8) is 0 Å². The first-order valence-electron chi connectivity index (χ1n) is 5.07. The van der Waals surface area contributed by atoms with Gasteiger partial charge in [-0.2, -0.15) is 13.2 Å². The second-order valence-electron chi connectivity index (χ2n) is 3.48. The Morgan fingerprint density at radius 2 is 2.11 bits per heavy atom. The highest BCUT2D eigenvalue weighted by Crippen LogP contribution is 2.41. The van der Waals surface area contributed by atoms with E-state index >= 15 is 0 Å². The van der Waals surface area contributed by atoms with E-state index in [1.165, 1.54) is 16.7 Å². The summed E-state index contributed by atoms with van der Waals surface area (Å²) in [6.45, 7) is -0.421. The highest BCUT2D eigenvalue weighted by Gasteiger charge is 2.32. The Kier molecular flexibility index (Phi) is 3.99. The third-order valence-corrected chi connectivity index (χ3v) is 3.41. The predicted molar refractivity (Wildman–Crippen MR) is 68.3 cm³/mol. The molecule has 0 unspecified atom stereocenters. The molecule has 2 aromatic rings.